The number of methoxy groups -OCH3 is 1. The van der Waals surface area contributed by atoms with Gasteiger partial charge in [0.2, 0.25) is 0 Å². The van der Waals surface area contributed by atoms with Crippen LogP contribution in [0.3, 0.4) is 0 Å². The third kappa shape index (κ3) is 4.33. The van der Waals surface area contributed by atoms with Crippen molar-refractivity contribution in [2.75, 3.05) is 19.4 Å². The Morgan fingerprint density at radius 1 is 1.33 bits per heavy atom. The van der Waals surface area contributed by atoms with E-state index in [9.17, 15) is 0 Å². The van der Waals surface area contributed by atoms with Crippen molar-refractivity contribution in [1.29, 1.82) is 0 Å². The summed E-state index contributed by atoms with van der Waals surface area (Å²) in [6, 6.07) is 8.13. The number of hydrogen-bond donors (Lipinski definition) is 1. The summed E-state index contributed by atoms with van der Waals surface area (Å²) in [4.78, 5) is 0. The first-order valence-electron chi connectivity index (χ1n) is 4.77. The molecule has 0 spiro atoms. The minimum Gasteiger partial charge on any atom is -0.497 e. The maximum atomic E-state index is 5.71. The number of thioether (sulfide) groups is 1. The molecule has 0 radical (unpaired) electrons. The first kappa shape index (κ1) is 14.6. The minimum absolute atomic E-state index is 0. The molecule has 0 saturated carbocycles. The summed E-state index contributed by atoms with van der Waals surface area (Å²) < 4.78 is 5.10. The molecule has 86 valence electrons. The molecule has 15 heavy (non-hydrogen) atoms. The van der Waals surface area contributed by atoms with Gasteiger partial charge in [0, 0.05) is 11.8 Å². The van der Waals surface area contributed by atoms with Crippen molar-refractivity contribution in [3.8, 4) is 5.75 Å². The van der Waals surface area contributed by atoms with Crippen LogP contribution in [0.25, 0.3) is 0 Å². The maximum Gasteiger partial charge on any atom is 0.118 e. The highest BCUT2D eigenvalue weighted by Crippen LogP contribution is 2.28. The van der Waals surface area contributed by atoms with Gasteiger partial charge in [-0.3, -0.25) is 0 Å². The maximum absolute atomic E-state index is 5.71. The Hall–Kier alpha value is -0.380. The minimum atomic E-state index is 0. The van der Waals surface area contributed by atoms with Gasteiger partial charge in [-0.2, -0.15) is 11.8 Å². The van der Waals surface area contributed by atoms with Crippen molar-refractivity contribution >= 4 is 24.2 Å². The van der Waals surface area contributed by atoms with Crippen LogP contribution in [0.15, 0.2) is 24.3 Å². The molecular formula is C11H18ClNOS. The molecule has 1 rings (SSSR count). The van der Waals surface area contributed by atoms with Crippen LogP contribution >= 0.6 is 24.2 Å². The predicted octanol–water partition coefficient (Wildman–Crippen LogP) is 2.87. The van der Waals surface area contributed by atoms with Crippen molar-refractivity contribution in [2.24, 2.45) is 5.73 Å². The van der Waals surface area contributed by atoms with Crippen molar-refractivity contribution in [3.63, 3.8) is 0 Å². The van der Waals surface area contributed by atoms with Crippen LogP contribution in [0, 0.1) is 0 Å². The van der Waals surface area contributed by atoms with Gasteiger partial charge in [0.25, 0.3) is 0 Å². The number of rotatable bonds is 5. The fraction of sp³-hybridized carbons (Fsp3) is 0.455. The Morgan fingerprint density at radius 3 is 2.33 bits per heavy atom. The van der Waals surface area contributed by atoms with Crippen LogP contribution in [0.4, 0.5) is 0 Å². The third-order valence-electron chi connectivity index (χ3n) is 2.07. The molecule has 1 unspecified atom stereocenters. The first-order valence-corrected chi connectivity index (χ1v) is 5.82. The molecule has 0 aromatic heterocycles. The molecule has 0 heterocycles. The molecule has 0 aliphatic carbocycles. The highest BCUT2D eigenvalue weighted by molar-refractivity contribution is 7.99. The standard InChI is InChI=1S/C11H17NOS.ClH/c1-3-14-11(8-12)9-4-6-10(13-2)7-5-9;/h4-7,11H,3,8,12H2,1-2H3;1H. The van der Waals surface area contributed by atoms with E-state index in [1.807, 2.05) is 23.9 Å². The fourth-order valence-corrected chi connectivity index (χ4v) is 2.21. The SMILES string of the molecule is CCSC(CN)c1ccc(OC)cc1.Cl. The average Bonchev–Trinajstić information content (AvgIpc) is 2.26. The van der Waals surface area contributed by atoms with Crippen LogP contribution < -0.4 is 10.5 Å². The van der Waals surface area contributed by atoms with Crippen molar-refractivity contribution < 1.29 is 4.74 Å². The third-order valence-corrected chi connectivity index (χ3v) is 3.27. The number of hydrogen-bond acceptors (Lipinski definition) is 3. The van der Waals surface area contributed by atoms with Crippen molar-refractivity contribution in [2.45, 2.75) is 12.2 Å². The molecule has 0 saturated heterocycles. The molecule has 0 bridgehead atoms. The molecular weight excluding hydrogens is 230 g/mol. The Kier molecular flexibility index (Phi) is 7.65. The van der Waals surface area contributed by atoms with Crippen LogP contribution in [0.1, 0.15) is 17.7 Å². The van der Waals surface area contributed by atoms with Crippen LogP contribution in [-0.2, 0) is 0 Å². The van der Waals surface area contributed by atoms with Gasteiger partial charge in [-0.1, -0.05) is 19.1 Å². The smallest absolute Gasteiger partial charge is 0.118 e. The lowest BCUT2D eigenvalue weighted by Gasteiger charge is -2.13. The van der Waals surface area contributed by atoms with Gasteiger partial charge >= 0.3 is 0 Å². The Morgan fingerprint density at radius 2 is 1.93 bits per heavy atom. The normalized spacial score (nSPS) is 11.7. The van der Waals surface area contributed by atoms with E-state index in [-0.39, 0.29) is 12.4 Å². The van der Waals surface area contributed by atoms with E-state index in [2.05, 4.69) is 19.1 Å². The molecule has 2 N–H and O–H groups in total. The molecule has 2 nitrogen and oxygen atoms in total. The Bertz CT molecular complexity index is 266. The zero-order valence-corrected chi connectivity index (χ0v) is 10.7. The van der Waals surface area contributed by atoms with Gasteiger partial charge in [-0.15, -0.1) is 12.4 Å². The Labute approximate surface area is 102 Å². The van der Waals surface area contributed by atoms with Crippen LogP contribution in [0.5, 0.6) is 5.75 Å². The summed E-state index contributed by atoms with van der Waals surface area (Å²) in [7, 11) is 1.68. The van der Waals surface area contributed by atoms with E-state index >= 15 is 0 Å². The van der Waals surface area contributed by atoms with Crippen molar-refractivity contribution in [3.05, 3.63) is 29.8 Å². The average molecular weight is 248 g/mol. The largest absolute Gasteiger partial charge is 0.497 e. The number of benzene rings is 1. The van der Waals surface area contributed by atoms with Crippen LogP contribution in [-0.4, -0.2) is 19.4 Å². The number of nitrogens with two attached hydrogens (primary N) is 1. The second-order valence-corrected chi connectivity index (χ2v) is 4.43. The number of ether oxygens (including phenoxy) is 1. The summed E-state index contributed by atoms with van der Waals surface area (Å²) in [5, 5.41) is 0.408. The quantitative estimate of drug-likeness (QED) is 0.869. The monoisotopic (exact) mass is 247 g/mol. The molecule has 0 amide bonds. The van der Waals surface area contributed by atoms with E-state index in [1.165, 1.54) is 5.56 Å². The highest BCUT2D eigenvalue weighted by atomic mass is 35.5. The summed E-state index contributed by atoms with van der Waals surface area (Å²) in [6.07, 6.45) is 0. The van der Waals surface area contributed by atoms with Gasteiger partial charge < -0.3 is 10.5 Å². The van der Waals surface area contributed by atoms with Gasteiger partial charge in [-0.05, 0) is 23.4 Å². The van der Waals surface area contributed by atoms with Gasteiger partial charge in [0.1, 0.15) is 5.75 Å². The van der Waals surface area contributed by atoms with E-state index in [1.54, 1.807) is 7.11 Å². The summed E-state index contributed by atoms with van der Waals surface area (Å²) in [6.45, 7) is 2.84. The lowest BCUT2D eigenvalue weighted by Crippen LogP contribution is -2.09. The van der Waals surface area contributed by atoms with E-state index in [0.29, 0.717) is 11.8 Å². The molecule has 0 fully saturated rings. The van der Waals surface area contributed by atoms with Crippen molar-refractivity contribution in [1.82, 2.24) is 0 Å². The summed E-state index contributed by atoms with van der Waals surface area (Å²) in [5.41, 5.74) is 6.99. The molecule has 4 heteroatoms. The highest BCUT2D eigenvalue weighted by Gasteiger charge is 2.08. The van der Waals surface area contributed by atoms with Crippen LogP contribution in [0.2, 0.25) is 0 Å². The molecule has 0 aliphatic rings. The zero-order chi connectivity index (χ0) is 10.4. The topological polar surface area (TPSA) is 35.2 Å². The lowest BCUT2D eigenvalue weighted by molar-refractivity contribution is 0.414. The Balaban J connectivity index is 0.00000196. The van der Waals surface area contributed by atoms with Gasteiger partial charge in [0.15, 0.2) is 0 Å². The second kappa shape index (κ2) is 7.85. The summed E-state index contributed by atoms with van der Waals surface area (Å²) in [5.74, 6) is 1.99. The lowest BCUT2D eigenvalue weighted by atomic mass is 10.1. The van der Waals surface area contributed by atoms with E-state index in [4.69, 9.17) is 10.5 Å². The predicted molar refractivity (Wildman–Crippen MR) is 70.2 cm³/mol. The molecule has 1 aromatic rings. The molecule has 1 atom stereocenters. The van der Waals surface area contributed by atoms with Gasteiger partial charge in [0.05, 0.1) is 7.11 Å². The number of halogens is 1. The summed E-state index contributed by atoms with van der Waals surface area (Å²) >= 11 is 1.88. The first-order chi connectivity index (χ1) is 6.81. The van der Waals surface area contributed by atoms with E-state index < -0.39 is 0 Å². The fourth-order valence-electron chi connectivity index (χ4n) is 1.32. The van der Waals surface area contributed by atoms with Gasteiger partial charge in [-0.25, -0.2) is 0 Å². The molecule has 1 aromatic carbocycles. The zero-order valence-electron chi connectivity index (χ0n) is 9.10. The second-order valence-electron chi connectivity index (χ2n) is 2.95. The van der Waals surface area contributed by atoms with E-state index in [0.717, 1.165) is 11.5 Å². The molecule has 0 aliphatic heterocycles.